The summed E-state index contributed by atoms with van der Waals surface area (Å²) < 4.78 is 5.35. The fourth-order valence-electron chi connectivity index (χ4n) is 2.69. The highest BCUT2D eigenvalue weighted by Gasteiger charge is 2.23. The van der Waals surface area contributed by atoms with Gasteiger partial charge in [0.05, 0.1) is 13.2 Å². The van der Waals surface area contributed by atoms with Gasteiger partial charge in [0.15, 0.2) is 0 Å². The van der Waals surface area contributed by atoms with Crippen molar-refractivity contribution in [3.63, 3.8) is 0 Å². The Morgan fingerprint density at radius 1 is 1.40 bits per heavy atom. The maximum Gasteiger partial charge on any atom is 0.223 e. The summed E-state index contributed by atoms with van der Waals surface area (Å²) in [7, 11) is 1.65. The van der Waals surface area contributed by atoms with Crippen molar-refractivity contribution >= 4 is 5.91 Å². The first-order valence-electron chi connectivity index (χ1n) is 7.20. The fourth-order valence-corrected chi connectivity index (χ4v) is 2.69. The zero-order valence-corrected chi connectivity index (χ0v) is 12.2. The van der Waals surface area contributed by atoms with E-state index in [9.17, 15) is 9.90 Å². The largest absolute Gasteiger partial charge is 0.496 e. The minimum atomic E-state index is -0.245. The Balaban J connectivity index is 1.97. The first-order chi connectivity index (χ1) is 9.61. The number of benzene rings is 1. The average molecular weight is 277 g/mol. The van der Waals surface area contributed by atoms with E-state index < -0.39 is 0 Å². The van der Waals surface area contributed by atoms with Crippen LogP contribution >= 0.6 is 0 Å². The molecule has 1 fully saturated rings. The zero-order chi connectivity index (χ0) is 14.5. The standard InChI is InChI=1S/C16H23NO3/c1-12(14-5-3-4-6-15(14)20-2)11-16(19)17-9-7-13(18)8-10-17/h3-6,12-13,18H,7-11H2,1-2H3. The van der Waals surface area contributed by atoms with Crippen LogP contribution in [0.4, 0.5) is 0 Å². The van der Waals surface area contributed by atoms with Gasteiger partial charge in [-0.1, -0.05) is 25.1 Å². The Hall–Kier alpha value is -1.55. The zero-order valence-electron chi connectivity index (χ0n) is 12.2. The van der Waals surface area contributed by atoms with Crippen LogP contribution in [0, 0.1) is 0 Å². The summed E-state index contributed by atoms with van der Waals surface area (Å²) in [6.07, 6.45) is 1.62. The first kappa shape index (κ1) is 14.9. The second-order valence-corrected chi connectivity index (χ2v) is 5.46. The number of piperidine rings is 1. The van der Waals surface area contributed by atoms with Crippen LogP contribution < -0.4 is 4.74 Å². The van der Waals surface area contributed by atoms with Crippen LogP contribution in [0.5, 0.6) is 5.75 Å². The molecule has 1 aromatic carbocycles. The Labute approximate surface area is 120 Å². The number of aliphatic hydroxyl groups is 1. The molecule has 0 aliphatic carbocycles. The molecule has 2 rings (SSSR count). The smallest absolute Gasteiger partial charge is 0.223 e. The van der Waals surface area contributed by atoms with Gasteiger partial charge < -0.3 is 14.7 Å². The van der Waals surface area contributed by atoms with Gasteiger partial charge >= 0.3 is 0 Å². The summed E-state index contributed by atoms with van der Waals surface area (Å²) in [6, 6.07) is 7.84. The van der Waals surface area contributed by atoms with E-state index in [1.807, 2.05) is 29.2 Å². The third-order valence-electron chi connectivity index (χ3n) is 3.97. The lowest BCUT2D eigenvalue weighted by Crippen LogP contribution is -2.40. The van der Waals surface area contributed by atoms with Crippen LogP contribution in [0.1, 0.15) is 37.7 Å². The average Bonchev–Trinajstić information content (AvgIpc) is 2.47. The maximum atomic E-state index is 12.3. The van der Waals surface area contributed by atoms with Crippen molar-refractivity contribution < 1.29 is 14.6 Å². The second kappa shape index (κ2) is 6.75. The van der Waals surface area contributed by atoms with Gasteiger partial charge in [-0.3, -0.25) is 4.79 Å². The van der Waals surface area contributed by atoms with Gasteiger partial charge in [-0.15, -0.1) is 0 Å². The molecule has 110 valence electrons. The summed E-state index contributed by atoms with van der Waals surface area (Å²) >= 11 is 0. The molecular weight excluding hydrogens is 254 g/mol. The van der Waals surface area contributed by atoms with Gasteiger partial charge in [-0.05, 0) is 30.4 Å². The molecule has 1 amide bonds. The first-order valence-corrected chi connectivity index (χ1v) is 7.20. The lowest BCUT2D eigenvalue weighted by atomic mass is 9.95. The second-order valence-electron chi connectivity index (χ2n) is 5.46. The number of methoxy groups -OCH3 is 1. The number of ether oxygens (including phenoxy) is 1. The monoisotopic (exact) mass is 277 g/mol. The number of likely N-dealkylation sites (tertiary alicyclic amines) is 1. The van der Waals surface area contributed by atoms with E-state index in [2.05, 4.69) is 6.92 Å². The molecule has 1 atom stereocenters. The van der Waals surface area contributed by atoms with Gasteiger partial charge in [-0.25, -0.2) is 0 Å². The minimum absolute atomic E-state index is 0.130. The van der Waals surface area contributed by atoms with Crippen molar-refractivity contribution in [1.82, 2.24) is 4.90 Å². The normalized spacial score (nSPS) is 17.9. The molecule has 0 saturated carbocycles. The number of aliphatic hydroxyl groups excluding tert-OH is 1. The number of hydrogen-bond acceptors (Lipinski definition) is 3. The molecule has 0 aromatic heterocycles. The van der Waals surface area contributed by atoms with Crippen molar-refractivity contribution in [3.05, 3.63) is 29.8 Å². The van der Waals surface area contributed by atoms with Crippen LogP contribution in [0.25, 0.3) is 0 Å². The van der Waals surface area contributed by atoms with E-state index in [-0.39, 0.29) is 17.9 Å². The molecule has 1 aliphatic heterocycles. The molecule has 1 N–H and O–H groups in total. The van der Waals surface area contributed by atoms with Crippen LogP contribution in [0.3, 0.4) is 0 Å². The summed E-state index contributed by atoms with van der Waals surface area (Å²) in [6.45, 7) is 3.38. The van der Waals surface area contributed by atoms with Crippen molar-refractivity contribution in [2.24, 2.45) is 0 Å². The summed E-state index contributed by atoms with van der Waals surface area (Å²) in [4.78, 5) is 14.2. The van der Waals surface area contributed by atoms with Crippen molar-refractivity contribution in [2.75, 3.05) is 20.2 Å². The molecule has 4 heteroatoms. The minimum Gasteiger partial charge on any atom is -0.496 e. The Morgan fingerprint density at radius 2 is 2.05 bits per heavy atom. The number of amides is 1. The predicted octanol–water partition coefficient (Wildman–Crippen LogP) is 2.17. The van der Waals surface area contributed by atoms with Crippen molar-refractivity contribution in [3.8, 4) is 5.75 Å². The van der Waals surface area contributed by atoms with Gasteiger partial charge in [0.2, 0.25) is 5.91 Å². The van der Waals surface area contributed by atoms with Crippen molar-refractivity contribution in [1.29, 1.82) is 0 Å². The lowest BCUT2D eigenvalue weighted by Gasteiger charge is -2.30. The van der Waals surface area contributed by atoms with E-state index in [0.29, 0.717) is 32.4 Å². The Kier molecular flexibility index (Phi) is 5.01. The number of para-hydroxylation sites is 1. The SMILES string of the molecule is COc1ccccc1C(C)CC(=O)N1CCC(O)CC1. The topological polar surface area (TPSA) is 49.8 Å². The molecular formula is C16H23NO3. The fraction of sp³-hybridized carbons (Fsp3) is 0.562. The Morgan fingerprint density at radius 3 is 2.70 bits per heavy atom. The molecule has 1 unspecified atom stereocenters. The van der Waals surface area contributed by atoms with E-state index in [1.54, 1.807) is 7.11 Å². The molecule has 20 heavy (non-hydrogen) atoms. The third kappa shape index (κ3) is 3.51. The van der Waals surface area contributed by atoms with Crippen LogP contribution in [0.15, 0.2) is 24.3 Å². The quantitative estimate of drug-likeness (QED) is 0.917. The van der Waals surface area contributed by atoms with Gasteiger partial charge in [0.25, 0.3) is 0 Å². The third-order valence-corrected chi connectivity index (χ3v) is 3.97. The highest BCUT2D eigenvalue weighted by molar-refractivity contribution is 5.77. The molecule has 1 aliphatic rings. The Bertz CT molecular complexity index is 453. The van der Waals surface area contributed by atoms with Crippen LogP contribution in [-0.2, 0) is 4.79 Å². The summed E-state index contributed by atoms with van der Waals surface area (Å²) in [5.41, 5.74) is 1.07. The van der Waals surface area contributed by atoms with E-state index in [1.165, 1.54) is 0 Å². The van der Waals surface area contributed by atoms with Gasteiger partial charge in [0.1, 0.15) is 5.75 Å². The number of nitrogens with zero attached hydrogens (tertiary/aromatic N) is 1. The molecule has 0 bridgehead atoms. The van der Waals surface area contributed by atoms with Crippen molar-refractivity contribution in [2.45, 2.75) is 38.2 Å². The van der Waals surface area contributed by atoms with Gasteiger partial charge in [0, 0.05) is 19.5 Å². The molecule has 1 heterocycles. The molecule has 0 radical (unpaired) electrons. The number of carbonyl (C=O) groups excluding carboxylic acids is 1. The molecule has 0 spiro atoms. The highest BCUT2D eigenvalue weighted by atomic mass is 16.5. The lowest BCUT2D eigenvalue weighted by molar-refractivity contribution is -0.133. The van der Waals surface area contributed by atoms with E-state index in [0.717, 1.165) is 11.3 Å². The molecule has 4 nitrogen and oxygen atoms in total. The molecule has 1 aromatic rings. The summed E-state index contributed by atoms with van der Waals surface area (Å²) in [5, 5.41) is 9.48. The number of carbonyl (C=O) groups is 1. The highest BCUT2D eigenvalue weighted by Crippen LogP contribution is 2.29. The molecule has 1 saturated heterocycles. The summed E-state index contributed by atoms with van der Waals surface area (Å²) in [5.74, 6) is 1.13. The van der Waals surface area contributed by atoms with Gasteiger partial charge in [-0.2, -0.15) is 0 Å². The van der Waals surface area contributed by atoms with E-state index >= 15 is 0 Å². The van der Waals surface area contributed by atoms with Crippen LogP contribution in [-0.4, -0.2) is 42.2 Å². The number of hydrogen-bond donors (Lipinski definition) is 1. The maximum absolute atomic E-state index is 12.3. The predicted molar refractivity (Wildman–Crippen MR) is 77.8 cm³/mol. The van der Waals surface area contributed by atoms with Crippen LogP contribution in [0.2, 0.25) is 0 Å². The van der Waals surface area contributed by atoms with E-state index in [4.69, 9.17) is 4.74 Å². The number of rotatable bonds is 4.